The van der Waals surface area contributed by atoms with Crippen LogP contribution in [0.5, 0.6) is 0 Å². The van der Waals surface area contributed by atoms with Gasteiger partial charge in [-0.05, 0) is 35.9 Å². The molecule has 0 saturated heterocycles. The number of rotatable bonds is 5. The molecule has 0 aliphatic heterocycles. The van der Waals surface area contributed by atoms with Crippen molar-refractivity contribution in [1.29, 1.82) is 0 Å². The van der Waals surface area contributed by atoms with Crippen LogP contribution in [0.1, 0.15) is 5.56 Å². The van der Waals surface area contributed by atoms with Gasteiger partial charge in [0, 0.05) is 22.0 Å². The number of para-hydroxylation sites is 1. The second-order valence-corrected chi connectivity index (χ2v) is 5.84. The van der Waals surface area contributed by atoms with E-state index >= 15 is 0 Å². The van der Waals surface area contributed by atoms with Crippen molar-refractivity contribution in [3.63, 3.8) is 0 Å². The van der Waals surface area contributed by atoms with Crippen LogP contribution in [-0.4, -0.2) is 0 Å². The first-order chi connectivity index (χ1) is 10.4. The highest BCUT2D eigenvalue weighted by molar-refractivity contribution is 7.98. The van der Waals surface area contributed by atoms with Gasteiger partial charge in [-0.25, -0.2) is 0 Å². The monoisotopic (exact) mass is 291 g/mol. The van der Waals surface area contributed by atoms with Gasteiger partial charge in [-0.1, -0.05) is 54.6 Å². The maximum Gasteiger partial charge on any atom is 0.0395 e. The molecule has 104 valence electrons. The Hall–Kier alpha value is -2.19. The summed E-state index contributed by atoms with van der Waals surface area (Å²) >= 11 is 1.86. The molecule has 0 saturated carbocycles. The lowest BCUT2D eigenvalue weighted by molar-refractivity contribution is 1.38. The number of benzene rings is 3. The van der Waals surface area contributed by atoms with E-state index in [9.17, 15) is 0 Å². The Morgan fingerprint density at radius 2 is 1.33 bits per heavy atom. The van der Waals surface area contributed by atoms with Crippen LogP contribution in [0.2, 0.25) is 0 Å². The molecule has 0 heterocycles. The minimum absolute atomic E-state index is 0.996. The molecule has 3 aromatic rings. The van der Waals surface area contributed by atoms with Gasteiger partial charge in [0.1, 0.15) is 0 Å². The average Bonchev–Trinajstić information content (AvgIpc) is 2.55. The quantitative estimate of drug-likeness (QED) is 0.603. The summed E-state index contributed by atoms with van der Waals surface area (Å²) in [5.74, 6) is 0.996. The van der Waals surface area contributed by atoms with E-state index in [0.717, 1.165) is 17.1 Å². The van der Waals surface area contributed by atoms with Crippen molar-refractivity contribution in [2.45, 2.75) is 10.6 Å². The molecule has 3 rings (SSSR count). The summed E-state index contributed by atoms with van der Waals surface area (Å²) in [5.41, 5.74) is 3.59. The number of hydrogen-bond donors (Lipinski definition) is 1. The minimum Gasteiger partial charge on any atom is -0.355 e. The van der Waals surface area contributed by atoms with Crippen LogP contribution in [-0.2, 0) is 5.75 Å². The van der Waals surface area contributed by atoms with Crippen LogP contribution < -0.4 is 5.32 Å². The Labute approximate surface area is 130 Å². The lowest BCUT2D eigenvalue weighted by Gasteiger charge is -2.08. The van der Waals surface area contributed by atoms with Crippen LogP contribution in [0.25, 0.3) is 0 Å². The third-order valence-corrected chi connectivity index (χ3v) is 4.21. The van der Waals surface area contributed by atoms with Crippen molar-refractivity contribution in [2.24, 2.45) is 0 Å². The van der Waals surface area contributed by atoms with Crippen molar-refractivity contribution in [1.82, 2.24) is 0 Å². The van der Waals surface area contributed by atoms with Crippen LogP contribution in [0.4, 0.5) is 11.4 Å². The minimum atomic E-state index is 0.996. The highest BCUT2D eigenvalue weighted by atomic mass is 32.2. The fraction of sp³-hybridized carbons (Fsp3) is 0.0526. The Bertz CT molecular complexity index is 680. The summed E-state index contributed by atoms with van der Waals surface area (Å²) in [6.07, 6.45) is 0. The van der Waals surface area contributed by atoms with E-state index in [4.69, 9.17) is 0 Å². The zero-order valence-electron chi connectivity index (χ0n) is 11.7. The number of thioether (sulfide) groups is 1. The summed E-state index contributed by atoms with van der Waals surface area (Å²) in [4.78, 5) is 1.28. The molecule has 1 N–H and O–H groups in total. The van der Waals surface area contributed by atoms with Gasteiger partial charge < -0.3 is 5.32 Å². The Kier molecular flexibility index (Phi) is 4.59. The Morgan fingerprint density at radius 1 is 0.667 bits per heavy atom. The highest BCUT2D eigenvalue weighted by Gasteiger charge is 1.99. The van der Waals surface area contributed by atoms with E-state index in [2.05, 4.69) is 72.0 Å². The zero-order valence-corrected chi connectivity index (χ0v) is 12.5. The SMILES string of the molecule is c1ccc(CSc2cccc(Nc3ccccc3)c2)cc1. The molecule has 3 aromatic carbocycles. The van der Waals surface area contributed by atoms with Crippen molar-refractivity contribution >= 4 is 23.1 Å². The van der Waals surface area contributed by atoms with Crippen LogP contribution in [0.15, 0.2) is 89.8 Å². The van der Waals surface area contributed by atoms with Gasteiger partial charge in [0.15, 0.2) is 0 Å². The highest BCUT2D eigenvalue weighted by Crippen LogP contribution is 2.26. The van der Waals surface area contributed by atoms with E-state index in [1.807, 2.05) is 30.0 Å². The second-order valence-electron chi connectivity index (χ2n) is 4.79. The molecule has 2 heteroatoms. The molecule has 0 amide bonds. The third-order valence-electron chi connectivity index (χ3n) is 3.14. The van der Waals surface area contributed by atoms with Crippen LogP contribution in [0.3, 0.4) is 0 Å². The smallest absolute Gasteiger partial charge is 0.0395 e. The second kappa shape index (κ2) is 7.00. The maximum atomic E-state index is 3.43. The van der Waals surface area contributed by atoms with E-state index in [0.29, 0.717) is 0 Å². The van der Waals surface area contributed by atoms with Gasteiger partial charge in [0.05, 0.1) is 0 Å². The lowest BCUT2D eigenvalue weighted by atomic mass is 10.2. The molecular formula is C19H17NS. The predicted octanol–water partition coefficient (Wildman–Crippen LogP) is 5.72. The number of anilines is 2. The molecule has 21 heavy (non-hydrogen) atoms. The van der Waals surface area contributed by atoms with Gasteiger partial charge in [-0.2, -0.15) is 0 Å². The van der Waals surface area contributed by atoms with Gasteiger partial charge in [0.2, 0.25) is 0 Å². The average molecular weight is 291 g/mol. The van der Waals surface area contributed by atoms with Gasteiger partial charge in [-0.15, -0.1) is 11.8 Å². The number of hydrogen-bond acceptors (Lipinski definition) is 2. The molecule has 0 bridgehead atoms. The molecule has 0 aliphatic rings. The van der Waals surface area contributed by atoms with Crippen molar-refractivity contribution in [3.05, 3.63) is 90.5 Å². The van der Waals surface area contributed by atoms with Gasteiger partial charge in [-0.3, -0.25) is 0 Å². The van der Waals surface area contributed by atoms with E-state index in [-0.39, 0.29) is 0 Å². The summed E-state index contributed by atoms with van der Waals surface area (Å²) < 4.78 is 0. The van der Waals surface area contributed by atoms with Crippen molar-refractivity contribution < 1.29 is 0 Å². The topological polar surface area (TPSA) is 12.0 Å². The summed E-state index contributed by atoms with van der Waals surface area (Å²) in [7, 11) is 0. The molecule has 0 aliphatic carbocycles. The van der Waals surface area contributed by atoms with Gasteiger partial charge in [0.25, 0.3) is 0 Å². The van der Waals surface area contributed by atoms with Gasteiger partial charge >= 0.3 is 0 Å². The normalized spacial score (nSPS) is 10.3. The first-order valence-electron chi connectivity index (χ1n) is 6.99. The molecule has 0 fully saturated rings. The fourth-order valence-electron chi connectivity index (χ4n) is 2.09. The Balaban J connectivity index is 1.66. The van der Waals surface area contributed by atoms with Crippen LogP contribution >= 0.6 is 11.8 Å². The standard InChI is InChI=1S/C19H17NS/c1-3-8-16(9-4-1)15-21-19-13-7-12-18(14-19)20-17-10-5-2-6-11-17/h1-14,20H,15H2. The largest absolute Gasteiger partial charge is 0.355 e. The molecule has 0 unspecified atom stereocenters. The zero-order chi connectivity index (χ0) is 14.3. The van der Waals surface area contributed by atoms with E-state index in [1.54, 1.807) is 0 Å². The fourth-order valence-corrected chi connectivity index (χ4v) is 3.00. The lowest BCUT2D eigenvalue weighted by Crippen LogP contribution is -1.89. The molecule has 0 radical (unpaired) electrons. The van der Waals surface area contributed by atoms with E-state index < -0.39 is 0 Å². The predicted molar refractivity (Wildman–Crippen MR) is 92.2 cm³/mol. The Morgan fingerprint density at radius 3 is 2.10 bits per heavy atom. The number of nitrogens with one attached hydrogen (secondary N) is 1. The summed E-state index contributed by atoms with van der Waals surface area (Å²) in [5, 5.41) is 3.43. The first-order valence-corrected chi connectivity index (χ1v) is 7.97. The summed E-state index contributed by atoms with van der Waals surface area (Å²) in [6.45, 7) is 0. The van der Waals surface area contributed by atoms with Crippen molar-refractivity contribution in [2.75, 3.05) is 5.32 Å². The molecule has 1 nitrogen and oxygen atoms in total. The molecule has 0 aromatic heterocycles. The first kappa shape index (κ1) is 13.8. The maximum absolute atomic E-state index is 3.43. The van der Waals surface area contributed by atoms with Crippen molar-refractivity contribution in [3.8, 4) is 0 Å². The summed E-state index contributed by atoms with van der Waals surface area (Å²) in [6, 6.07) is 29.4. The molecule has 0 atom stereocenters. The van der Waals surface area contributed by atoms with E-state index in [1.165, 1.54) is 10.5 Å². The van der Waals surface area contributed by atoms with Crippen LogP contribution in [0, 0.1) is 0 Å². The molecule has 0 spiro atoms. The molecular weight excluding hydrogens is 274 g/mol. The third kappa shape index (κ3) is 4.14.